The van der Waals surface area contributed by atoms with Crippen LogP contribution in [0.2, 0.25) is 5.02 Å². The monoisotopic (exact) mass is 469 g/mol. The number of benzene rings is 1. The van der Waals surface area contributed by atoms with Crippen molar-refractivity contribution in [3.05, 3.63) is 75.5 Å². The first-order valence-corrected chi connectivity index (χ1v) is 11.5. The average molecular weight is 470 g/mol. The molecule has 2 amide bonds. The van der Waals surface area contributed by atoms with Crippen molar-refractivity contribution >= 4 is 39.9 Å². The number of nitrogens with one attached hydrogen (secondary N) is 1. The summed E-state index contributed by atoms with van der Waals surface area (Å²) in [5, 5.41) is 4.04. The molecular formula is C23H24ClN5O2S. The Morgan fingerprint density at radius 2 is 2.03 bits per heavy atom. The molecule has 0 spiro atoms. The summed E-state index contributed by atoms with van der Waals surface area (Å²) in [6.07, 6.45) is 3.38. The maximum absolute atomic E-state index is 12.8. The van der Waals surface area contributed by atoms with Crippen LogP contribution in [0.1, 0.15) is 39.5 Å². The van der Waals surface area contributed by atoms with Crippen LogP contribution in [0.25, 0.3) is 0 Å². The molecule has 32 heavy (non-hydrogen) atoms. The third kappa shape index (κ3) is 5.32. The van der Waals surface area contributed by atoms with Crippen molar-refractivity contribution in [3.8, 4) is 0 Å². The van der Waals surface area contributed by atoms with Crippen LogP contribution in [0.15, 0.2) is 48.8 Å². The highest BCUT2D eigenvalue weighted by Gasteiger charge is 2.30. The van der Waals surface area contributed by atoms with Gasteiger partial charge in [0, 0.05) is 55.9 Å². The number of aryl methyl sites for hydroxylation is 1. The van der Waals surface area contributed by atoms with Gasteiger partial charge >= 0.3 is 0 Å². The van der Waals surface area contributed by atoms with E-state index in [1.54, 1.807) is 25.4 Å². The third-order valence-electron chi connectivity index (χ3n) is 5.47. The molecule has 0 bridgehead atoms. The molecular weight excluding hydrogens is 446 g/mol. The lowest BCUT2D eigenvalue weighted by Gasteiger charge is -2.41. The summed E-state index contributed by atoms with van der Waals surface area (Å²) >= 11 is 7.41. The number of anilines is 1. The molecule has 3 heterocycles. The number of pyridine rings is 1. The second kappa shape index (κ2) is 9.77. The van der Waals surface area contributed by atoms with E-state index in [9.17, 15) is 9.59 Å². The first-order chi connectivity index (χ1) is 15.4. The minimum atomic E-state index is -0.202. The van der Waals surface area contributed by atoms with Gasteiger partial charge in [-0.15, -0.1) is 11.3 Å². The first kappa shape index (κ1) is 22.4. The van der Waals surface area contributed by atoms with E-state index in [1.165, 1.54) is 11.3 Å². The Kier molecular flexibility index (Phi) is 6.83. The molecule has 166 valence electrons. The van der Waals surface area contributed by atoms with Gasteiger partial charge in [-0.05, 0) is 36.8 Å². The van der Waals surface area contributed by atoms with E-state index >= 15 is 0 Å². The molecule has 1 aliphatic heterocycles. The normalized spacial score (nSPS) is 16.7. The van der Waals surface area contributed by atoms with Crippen molar-refractivity contribution in [2.24, 2.45) is 0 Å². The number of nitrogens with zero attached hydrogens (tertiary/aromatic N) is 4. The van der Waals surface area contributed by atoms with Gasteiger partial charge in [0.05, 0.1) is 16.8 Å². The molecule has 7 nitrogen and oxygen atoms in total. The van der Waals surface area contributed by atoms with Crippen LogP contribution < -0.4 is 5.32 Å². The quantitative estimate of drug-likeness (QED) is 0.607. The van der Waals surface area contributed by atoms with Crippen LogP contribution >= 0.6 is 22.9 Å². The van der Waals surface area contributed by atoms with E-state index in [2.05, 4.69) is 20.2 Å². The summed E-state index contributed by atoms with van der Waals surface area (Å²) < 4.78 is 0. The molecule has 9 heteroatoms. The standard InChI is InChI=1S/C23H24ClN5O2S/c1-15-11-26-23(32-15)27-22(31)18-5-3-4-17(10-18)21-14-28(16(2)30)8-9-29(21)13-20-7-6-19(24)12-25-20/h3-7,10-12,21H,8-9,13-14H2,1-2H3,(H,26,27,31). The number of carbonyl (C=O) groups excluding carboxylic acids is 2. The van der Waals surface area contributed by atoms with E-state index in [0.717, 1.165) is 16.1 Å². The van der Waals surface area contributed by atoms with Crippen LogP contribution in [-0.2, 0) is 11.3 Å². The zero-order valence-electron chi connectivity index (χ0n) is 17.9. The van der Waals surface area contributed by atoms with Crippen molar-refractivity contribution in [2.75, 3.05) is 25.0 Å². The number of aromatic nitrogens is 2. The molecule has 0 saturated carbocycles. The molecule has 1 saturated heterocycles. The first-order valence-electron chi connectivity index (χ1n) is 10.3. The molecule has 3 aromatic rings. The van der Waals surface area contributed by atoms with Crippen LogP contribution in [0.3, 0.4) is 0 Å². The van der Waals surface area contributed by atoms with E-state index in [0.29, 0.717) is 41.9 Å². The minimum absolute atomic E-state index is 0.0484. The second-order valence-corrected chi connectivity index (χ2v) is 9.45. The Balaban J connectivity index is 1.57. The van der Waals surface area contributed by atoms with Crippen molar-refractivity contribution in [1.82, 2.24) is 19.8 Å². The lowest BCUT2D eigenvalue weighted by Crippen LogP contribution is -2.49. The fourth-order valence-corrected chi connectivity index (χ4v) is 4.56. The molecule has 1 aromatic carbocycles. The number of amides is 2. The highest BCUT2D eigenvalue weighted by Crippen LogP contribution is 2.28. The highest BCUT2D eigenvalue weighted by atomic mass is 35.5. The largest absolute Gasteiger partial charge is 0.340 e. The van der Waals surface area contributed by atoms with Crippen LogP contribution in [0.5, 0.6) is 0 Å². The predicted octanol–water partition coefficient (Wildman–Crippen LogP) is 4.16. The van der Waals surface area contributed by atoms with Gasteiger partial charge in [0.15, 0.2) is 5.13 Å². The fraction of sp³-hybridized carbons (Fsp3) is 0.304. The van der Waals surface area contributed by atoms with E-state index in [1.807, 2.05) is 42.2 Å². The molecule has 1 aliphatic rings. The SMILES string of the molecule is CC(=O)N1CCN(Cc2ccc(Cl)cn2)C(c2cccc(C(=O)Nc3ncc(C)s3)c2)C1. The van der Waals surface area contributed by atoms with E-state index in [-0.39, 0.29) is 17.9 Å². The summed E-state index contributed by atoms with van der Waals surface area (Å²) in [4.78, 5) is 38.7. The Hall–Kier alpha value is -2.81. The lowest BCUT2D eigenvalue weighted by atomic mass is 9.99. The van der Waals surface area contributed by atoms with Gasteiger partial charge in [0.25, 0.3) is 5.91 Å². The molecule has 1 fully saturated rings. The Labute approximate surface area is 196 Å². The topological polar surface area (TPSA) is 78.4 Å². The molecule has 2 aromatic heterocycles. The predicted molar refractivity (Wildman–Crippen MR) is 126 cm³/mol. The number of rotatable bonds is 5. The molecule has 0 aliphatic carbocycles. The van der Waals surface area contributed by atoms with Crippen molar-refractivity contribution < 1.29 is 9.59 Å². The molecule has 1 unspecified atom stereocenters. The second-order valence-electron chi connectivity index (χ2n) is 7.77. The fourth-order valence-electron chi connectivity index (χ4n) is 3.79. The van der Waals surface area contributed by atoms with Gasteiger partial charge in [0.1, 0.15) is 0 Å². The van der Waals surface area contributed by atoms with Crippen molar-refractivity contribution in [1.29, 1.82) is 0 Å². The number of piperazine rings is 1. The number of thiazole rings is 1. The van der Waals surface area contributed by atoms with Gasteiger partial charge in [0.2, 0.25) is 5.91 Å². The summed E-state index contributed by atoms with van der Waals surface area (Å²) in [5.74, 6) is -0.154. The van der Waals surface area contributed by atoms with E-state index in [4.69, 9.17) is 11.6 Å². The molecule has 1 atom stereocenters. The van der Waals surface area contributed by atoms with Crippen LogP contribution in [0, 0.1) is 6.92 Å². The number of hydrogen-bond acceptors (Lipinski definition) is 6. The molecule has 4 rings (SSSR count). The summed E-state index contributed by atoms with van der Waals surface area (Å²) in [5.41, 5.74) is 2.44. The minimum Gasteiger partial charge on any atom is -0.340 e. The number of halogens is 1. The third-order valence-corrected chi connectivity index (χ3v) is 6.52. The van der Waals surface area contributed by atoms with Crippen molar-refractivity contribution in [3.63, 3.8) is 0 Å². The Bertz CT molecular complexity index is 1120. The summed E-state index contributed by atoms with van der Waals surface area (Å²) in [6.45, 7) is 6.09. The molecule has 0 radical (unpaired) electrons. The number of hydrogen-bond donors (Lipinski definition) is 1. The van der Waals surface area contributed by atoms with Gasteiger partial charge in [-0.3, -0.25) is 24.8 Å². The average Bonchev–Trinajstić information content (AvgIpc) is 3.20. The Morgan fingerprint density at radius 1 is 1.19 bits per heavy atom. The van der Waals surface area contributed by atoms with Gasteiger partial charge in [-0.2, -0.15) is 0 Å². The van der Waals surface area contributed by atoms with Gasteiger partial charge in [-0.1, -0.05) is 23.7 Å². The Morgan fingerprint density at radius 3 is 2.72 bits per heavy atom. The van der Waals surface area contributed by atoms with Gasteiger partial charge in [-0.25, -0.2) is 4.98 Å². The van der Waals surface area contributed by atoms with E-state index < -0.39 is 0 Å². The zero-order chi connectivity index (χ0) is 22.7. The number of carbonyl (C=O) groups is 2. The van der Waals surface area contributed by atoms with Crippen LogP contribution in [0.4, 0.5) is 5.13 Å². The maximum atomic E-state index is 12.8. The smallest absolute Gasteiger partial charge is 0.257 e. The zero-order valence-corrected chi connectivity index (χ0v) is 19.5. The lowest BCUT2D eigenvalue weighted by molar-refractivity contribution is -0.132. The maximum Gasteiger partial charge on any atom is 0.257 e. The van der Waals surface area contributed by atoms with Gasteiger partial charge < -0.3 is 4.90 Å². The molecule has 1 N–H and O–H groups in total. The summed E-state index contributed by atoms with van der Waals surface area (Å²) in [6, 6.07) is 11.2. The highest BCUT2D eigenvalue weighted by molar-refractivity contribution is 7.15. The summed E-state index contributed by atoms with van der Waals surface area (Å²) in [7, 11) is 0. The van der Waals surface area contributed by atoms with Crippen LogP contribution in [-0.4, -0.2) is 51.2 Å². The van der Waals surface area contributed by atoms with Crippen molar-refractivity contribution in [2.45, 2.75) is 26.4 Å².